The lowest BCUT2D eigenvalue weighted by molar-refractivity contribution is -0.131. The van der Waals surface area contributed by atoms with E-state index in [9.17, 15) is 28.7 Å². The summed E-state index contributed by atoms with van der Waals surface area (Å²) in [5.41, 5.74) is 4.14. The van der Waals surface area contributed by atoms with Gasteiger partial charge in [-0.15, -0.1) is 0 Å². The minimum Gasteiger partial charge on any atom is -0.423 e. The third-order valence-corrected chi connectivity index (χ3v) is 7.09. The first-order chi connectivity index (χ1) is 18.3. The van der Waals surface area contributed by atoms with E-state index >= 15 is 0 Å². The first-order valence-electron chi connectivity index (χ1n) is 12.4. The number of aliphatic hydroxyl groups is 1. The Morgan fingerprint density at radius 3 is 2.08 bits per heavy atom. The van der Waals surface area contributed by atoms with E-state index < -0.39 is 25.0 Å². The van der Waals surface area contributed by atoms with Gasteiger partial charge in [0.05, 0.1) is 18.1 Å². The van der Waals surface area contributed by atoms with Crippen LogP contribution in [0.3, 0.4) is 0 Å². The number of anilines is 1. The molecule has 5 rings (SSSR count). The number of benzene rings is 4. The minimum atomic E-state index is -1.56. The Balaban J connectivity index is 1.40. The second-order valence-electron chi connectivity index (χ2n) is 9.50. The summed E-state index contributed by atoms with van der Waals surface area (Å²) in [5.74, 6) is -1.28. The molecule has 5 nitrogen and oxygen atoms in total. The summed E-state index contributed by atoms with van der Waals surface area (Å²) < 4.78 is 26.8. The molecule has 0 unspecified atom stereocenters. The highest BCUT2D eigenvalue weighted by Crippen LogP contribution is 2.46. The summed E-state index contributed by atoms with van der Waals surface area (Å²) in [5, 5.41) is 29.6. The SMILES string of the molecule is O=C1[C@H](CC[C@H](O)c2ccc(F)cc2)[C@H](c2ccc(-c3cccc(B(O)O)c3)cc2)N1c1ccc(F)cc1. The molecular formula is C30H26BF2NO4. The Morgan fingerprint density at radius 2 is 1.45 bits per heavy atom. The molecule has 0 saturated carbocycles. The van der Waals surface area contributed by atoms with Crippen LogP contribution in [-0.2, 0) is 4.79 Å². The molecule has 3 atom stereocenters. The highest BCUT2D eigenvalue weighted by atomic mass is 19.1. The second-order valence-corrected chi connectivity index (χ2v) is 9.50. The fourth-order valence-electron chi connectivity index (χ4n) is 5.04. The van der Waals surface area contributed by atoms with Gasteiger partial charge in [-0.05, 0) is 77.0 Å². The van der Waals surface area contributed by atoms with Crippen molar-refractivity contribution in [1.82, 2.24) is 0 Å². The minimum absolute atomic E-state index is 0.110. The summed E-state index contributed by atoms with van der Waals surface area (Å²) in [6, 6.07) is 25.8. The maximum Gasteiger partial charge on any atom is 0.488 e. The first kappa shape index (κ1) is 25.8. The van der Waals surface area contributed by atoms with Crippen LogP contribution < -0.4 is 10.4 Å². The predicted molar refractivity (Wildman–Crippen MR) is 142 cm³/mol. The Morgan fingerprint density at radius 1 is 0.816 bits per heavy atom. The van der Waals surface area contributed by atoms with Crippen molar-refractivity contribution < 1.29 is 28.7 Å². The van der Waals surface area contributed by atoms with Crippen molar-refractivity contribution in [2.24, 2.45) is 5.92 Å². The quantitative estimate of drug-likeness (QED) is 0.239. The van der Waals surface area contributed by atoms with Gasteiger partial charge in [-0.2, -0.15) is 0 Å². The van der Waals surface area contributed by atoms with Gasteiger partial charge in [-0.3, -0.25) is 4.79 Å². The van der Waals surface area contributed by atoms with Gasteiger partial charge < -0.3 is 20.1 Å². The van der Waals surface area contributed by atoms with Crippen LogP contribution in [-0.4, -0.2) is 28.2 Å². The average Bonchev–Trinajstić information content (AvgIpc) is 2.93. The summed E-state index contributed by atoms with van der Waals surface area (Å²) in [6.07, 6.45) is -0.0947. The molecule has 1 fully saturated rings. The molecule has 0 aliphatic carbocycles. The maximum atomic E-state index is 13.6. The molecule has 0 bridgehead atoms. The topological polar surface area (TPSA) is 81.0 Å². The standard InChI is InChI=1S/C30H26BF2NO4/c32-24-10-8-20(9-11-24)28(35)17-16-27-29(34(30(27)36)26-14-12-25(33)13-15-26)21-6-4-19(5-7-21)22-2-1-3-23(18-22)31(37)38/h1-15,18,27-29,35,37-38H,16-17H2/t27-,28+,29+/m1/s1. The normalized spacial score (nSPS) is 17.7. The smallest absolute Gasteiger partial charge is 0.423 e. The van der Waals surface area contributed by atoms with Crippen molar-refractivity contribution in [3.8, 4) is 11.1 Å². The van der Waals surface area contributed by atoms with Crippen LogP contribution in [0.25, 0.3) is 11.1 Å². The summed E-state index contributed by atoms with van der Waals surface area (Å²) in [7, 11) is -1.56. The molecule has 1 amide bonds. The molecule has 1 heterocycles. The monoisotopic (exact) mass is 513 g/mol. The van der Waals surface area contributed by atoms with Crippen LogP contribution in [0.1, 0.15) is 36.1 Å². The molecule has 0 aromatic heterocycles. The van der Waals surface area contributed by atoms with Crippen LogP contribution in [0.2, 0.25) is 0 Å². The Bertz CT molecular complexity index is 1410. The molecule has 1 aliphatic rings. The van der Waals surface area contributed by atoms with E-state index in [-0.39, 0.29) is 17.8 Å². The van der Waals surface area contributed by atoms with Crippen molar-refractivity contribution in [3.05, 3.63) is 120 Å². The fourth-order valence-corrected chi connectivity index (χ4v) is 5.04. The van der Waals surface area contributed by atoms with E-state index in [0.29, 0.717) is 29.6 Å². The Hall–Kier alpha value is -3.85. The van der Waals surface area contributed by atoms with Gasteiger partial charge in [0.2, 0.25) is 5.91 Å². The van der Waals surface area contributed by atoms with Gasteiger partial charge in [0, 0.05) is 5.69 Å². The molecule has 38 heavy (non-hydrogen) atoms. The maximum absolute atomic E-state index is 13.6. The van der Waals surface area contributed by atoms with Crippen LogP contribution in [0.4, 0.5) is 14.5 Å². The largest absolute Gasteiger partial charge is 0.488 e. The van der Waals surface area contributed by atoms with Crippen molar-refractivity contribution in [2.75, 3.05) is 4.90 Å². The van der Waals surface area contributed by atoms with E-state index in [0.717, 1.165) is 16.7 Å². The second kappa shape index (κ2) is 10.9. The van der Waals surface area contributed by atoms with Crippen molar-refractivity contribution in [2.45, 2.75) is 25.0 Å². The number of hydrogen-bond acceptors (Lipinski definition) is 4. The number of amides is 1. The van der Waals surface area contributed by atoms with Crippen molar-refractivity contribution in [1.29, 1.82) is 0 Å². The van der Waals surface area contributed by atoms with Gasteiger partial charge >= 0.3 is 7.12 Å². The fraction of sp³-hybridized carbons (Fsp3) is 0.167. The zero-order chi connectivity index (χ0) is 26.8. The van der Waals surface area contributed by atoms with E-state index in [1.165, 1.54) is 36.4 Å². The zero-order valence-corrected chi connectivity index (χ0v) is 20.4. The van der Waals surface area contributed by atoms with Crippen molar-refractivity contribution >= 4 is 24.2 Å². The van der Waals surface area contributed by atoms with Gasteiger partial charge in [-0.1, -0.05) is 60.7 Å². The van der Waals surface area contributed by atoms with E-state index in [1.54, 1.807) is 35.2 Å². The molecule has 192 valence electrons. The van der Waals surface area contributed by atoms with Crippen LogP contribution in [0.15, 0.2) is 97.1 Å². The molecule has 4 aromatic rings. The third-order valence-electron chi connectivity index (χ3n) is 7.09. The Labute approximate surface area is 219 Å². The van der Waals surface area contributed by atoms with Crippen LogP contribution in [0, 0.1) is 17.6 Å². The molecular weight excluding hydrogens is 487 g/mol. The average molecular weight is 513 g/mol. The molecule has 1 aliphatic heterocycles. The number of nitrogens with zero attached hydrogens (tertiary/aromatic N) is 1. The highest BCUT2D eigenvalue weighted by molar-refractivity contribution is 6.58. The number of rotatable bonds is 8. The van der Waals surface area contributed by atoms with Gasteiger partial charge in [0.1, 0.15) is 11.6 Å². The summed E-state index contributed by atoms with van der Waals surface area (Å²) in [4.78, 5) is 14.9. The number of carbonyl (C=O) groups excluding carboxylic acids is 1. The van der Waals surface area contributed by atoms with E-state index in [2.05, 4.69) is 0 Å². The first-order valence-corrected chi connectivity index (χ1v) is 12.4. The van der Waals surface area contributed by atoms with Crippen LogP contribution in [0.5, 0.6) is 0 Å². The van der Waals surface area contributed by atoms with Crippen LogP contribution >= 0.6 is 0 Å². The third kappa shape index (κ3) is 5.24. The predicted octanol–water partition coefficient (Wildman–Crippen LogP) is 4.53. The molecule has 3 N–H and O–H groups in total. The number of β-lactam (4-membered cyclic amide) rings is 1. The number of aliphatic hydroxyl groups excluding tert-OH is 1. The zero-order valence-electron chi connectivity index (χ0n) is 20.4. The van der Waals surface area contributed by atoms with Gasteiger partial charge in [0.25, 0.3) is 0 Å². The lowest BCUT2D eigenvalue weighted by Gasteiger charge is -2.48. The molecule has 1 saturated heterocycles. The van der Waals surface area contributed by atoms with E-state index in [4.69, 9.17) is 0 Å². The lowest BCUT2D eigenvalue weighted by Crippen LogP contribution is -2.55. The van der Waals surface area contributed by atoms with Gasteiger partial charge in [-0.25, -0.2) is 8.78 Å². The number of carbonyl (C=O) groups is 1. The van der Waals surface area contributed by atoms with Gasteiger partial charge in [0.15, 0.2) is 0 Å². The lowest BCUT2D eigenvalue weighted by atomic mass is 9.77. The molecule has 8 heteroatoms. The summed E-state index contributed by atoms with van der Waals surface area (Å²) in [6.45, 7) is 0. The molecule has 4 aromatic carbocycles. The van der Waals surface area contributed by atoms with Crippen molar-refractivity contribution in [3.63, 3.8) is 0 Å². The molecule has 0 radical (unpaired) electrons. The highest BCUT2D eigenvalue weighted by Gasteiger charge is 2.48. The summed E-state index contributed by atoms with van der Waals surface area (Å²) >= 11 is 0. The van der Waals surface area contributed by atoms with E-state index in [1.807, 2.05) is 30.3 Å². The Kier molecular flexibility index (Phi) is 7.38. The number of halogens is 2. The molecule has 0 spiro atoms. The number of hydrogen-bond donors (Lipinski definition) is 3.